The number of benzene rings is 1. The van der Waals surface area contributed by atoms with E-state index in [1.54, 1.807) is 0 Å². The summed E-state index contributed by atoms with van der Waals surface area (Å²) >= 11 is 0. The highest BCUT2D eigenvalue weighted by Gasteiger charge is 2.31. The summed E-state index contributed by atoms with van der Waals surface area (Å²) in [4.78, 5) is 11.8. The fraction of sp³-hybridized carbons (Fsp3) is 0.533. The van der Waals surface area contributed by atoms with Gasteiger partial charge in [0, 0.05) is 13.2 Å². The van der Waals surface area contributed by atoms with Crippen molar-refractivity contribution in [2.24, 2.45) is 5.92 Å². The molecule has 0 amide bonds. The van der Waals surface area contributed by atoms with E-state index in [9.17, 15) is 23.1 Å². The normalized spacial score (nSPS) is 16.5. The number of hydrogen-bond acceptors (Lipinski definition) is 4. The number of esters is 1. The topological polar surface area (TPSA) is 55.8 Å². The molecular weight excluding hydrogens is 301 g/mol. The van der Waals surface area contributed by atoms with Crippen LogP contribution in [0.4, 0.5) is 13.2 Å². The molecule has 1 fully saturated rings. The van der Waals surface area contributed by atoms with E-state index in [1.165, 1.54) is 0 Å². The summed E-state index contributed by atoms with van der Waals surface area (Å²) < 4.78 is 47.6. The summed E-state index contributed by atoms with van der Waals surface area (Å²) in [6, 6.07) is 2.19. The molecule has 0 atom stereocenters. The molecule has 1 heterocycles. The Kier molecular flexibility index (Phi) is 5.28. The zero-order valence-corrected chi connectivity index (χ0v) is 11.9. The standard InChI is InChI=1S/C15H17F3O4/c16-15(17,18)11-1-2-12(13(19)9-11)14(20)22-8-5-10-3-6-21-7-4-10/h1-2,9-10,19H,3-8H2. The van der Waals surface area contributed by atoms with Gasteiger partial charge in [-0.1, -0.05) is 0 Å². The molecule has 1 aromatic rings. The first-order valence-corrected chi connectivity index (χ1v) is 7.03. The van der Waals surface area contributed by atoms with Gasteiger partial charge in [0.25, 0.3) is 0 Å². The van der Waals surface area contributed by atoms with Crippen LogP contribution in [0.25, 0.3) is 0 Å². The highest BCUT2D eigenvalue weighted by atomic mass is 19.4. The first-order valence-electron chi connectivity index (χ1n) is 7.03. The van der Waals surface area contributed by atoms with Crippen LogP contribution in [-0.2, 0) is 15.7 Å². The minimum atomic E-state index is -4.57. The van der Waals surface area contributed by atoms with Crippen molar-refractivity contribution in [1.82, 2.24) is 0 Å². The lowest BCUT2D eigenvalue weighted by atomic mass is 9.97. The molecule has 2 rings (SSSR count). The van der Waals surface area contributed by atoms with Gasteiger partial charge in [-0.05, 0) is 43.4 Å². The lowest BCUT2D eigenvalue weighted by Gasteiger charge is -2.21. The van der Waals surface area contributed by atoms with E-state index in [4.69, 9.17) is 9.47 Å². The SMILES string of the molecule is O=C(OCCC1CCOCC1)c1ccc(C(F)(F)F)cc1O. The summed E-state index contributed by atoms with van der Waals surface area (Å²) in [6.45, 7) is 1.56. The van der Waals surface area contributed by atoms with Crippen LogP contribution in [0.2, 0.25) is 0 Å². The maximum atomic E-state index is 12.5. The number of aromatic hydroxyl groups is 1. The van der Waals surface area contributed by atoms with Crippen LogP contribution >= 0.6 is 0 Å². The molecule has 1 aliphatic heterocycles. The molecule has 0 bridgehead atoms. The molecule has 0 spiro atoms. The minimum Gasteiger partial charge on any atom is -0.507 e. The monoisotopic (exact) mass is 318 g/mol. The molecule has 0 saturated carbocycles. The second-order valence-corrected chi connectivity index (χ2v) is 5.21. The minimum absolute atomic E-state index is 0.171. The lowest BCUT2D eigenvalue weighted by Crippen LogP contribution is -2.18. The van der Waals surface area contributed by atoms with Crippen LogP contribution in [0, 0.1) is 5.92 Å². The molecular formula is C15H17F3O4. The third-order valence-electron chi connectivity index (χ3n) is 3.65. The number of carbonyl (C=O) groups is 1. The van der Waals surface area contributed by atoms with E-state index in [2.05, 4.69) is 0 Å². The molecule has 1 aliphatic rings. The van der Waals surface area contributed by atoms with E-state index >= 15 is 0 Å². The van der Waals surface area contributed by atoms with E-state index in [1.807, 2.05) is 0 Å². The molecule has 122 valence electrons. The van der Waals surface area contributed by atoms with Crippen molar-refractivity contribution >= 4 is 5.97 Å². The Balaban J connectivity index is 1.89. The van der Waals surface area contributed by atoms with Gasteiger partial charge in [-0.15, -0.1) is 0 Å². The molecule has 0 aliphatic carbocycles. The quantitative estimate of drug-likeness (QED) is 0.865. The molecule has 1 saturated heterocycles. The number of carbonyl (C=O) groups excluding carboxylic acids is 1. The predicted molar refractivity (Wildman–Crippen MR) is 71.6 cm³/mol. The van der Waals surface area contributed by atoms with Crippen LogP contribution in [-0.4, -0.2) is 30.9 Å². The second-order valence-electron chi connectivity index (χ2n) is 5.21. The van der Waals surface area contributed by atoms with E-state index in [0.29, 0.717) is 31.6 Å². The number of alkyl halides is 3. The van der Waals surface area contributed by atoms with Crippen molar-refractivity contribution in [2.75, 3.05) is 19.8 Å². The summed E-state index contributed by atoms with van der Waals surface area (Å²) in [5.41, 5.74) is -1.27. The molecule has 1 N–H and O–H groups in total. The zero-order valence-electron chi connectivity index (χ0n) is 11.9. The summed E-state index contributed by atoms with van der Waals surface area (Å²) in [6.07, 6.45) is -2.08. The van der Waals surface area contributed by atoms with Gasteiger partial charge >= 0.3 is 12.1 Å². The van der Waals surface area contributed by atoms with E-state index < -0.39 is 23.5 Å². The van der Waals surface area contributed by atoms with Crippen LogP contribution in [0.1, 0.15) is 35.2 Å². The maximum Gasteiger partial charge on any atom is 0.416 e. The van der Waals surface area contributed by atoms with Crippen molar-refractivity contribution in [3.05, 3.63) is 29.3 Å². The van der Waals surface area contributed by atoms with Crippen molar-refractivity contribution in [3.8, 4) is 5.75 Å². The third-order valence-corrected chi connectivity index (χ3v) is 3.65. The van der Waals surface area contributed by atoms with Gasteiger partial charge in [0.05, 0.1) is 12.2 Å². The van der Waals surface area contributed by atoms with Crippen molar-refractivity contribution in [1.29, 1.82) is 0 Å². The Bertz CT molecular complexity index is 522. The van der Waals surface area contributed by atoms with Crippen LogP contribution in [0.3, 0.4) is 0 Å². The molecule has 0 aromatic heterocycles. The molecule has 0 radical (unpaired) electrons. The number of rotatable bonds is 4. The Hall–Kier alpha value is -1.76. The average molecular weight is 318 g/mol. The Morgan fingerprint density at radius 2 is 2.00 bits per heavy atom. The number of halogens is 3. The van der Waals surface area contributed by atoms with Gasteiger partial charge in [0.1, 0.15) is 11.3 Å². The van der Waals surface area contributed by atoms with Gasteiger partial charge in [0.2, 0.25) is 0 Å². The third kappa shape index (κ3) is 4.37. The Morgan fingerprint density at radius 3 is 2.59 bits per heavy atom. The summed E-state index contributed by atoms with van der Waals surface area (Å²) in [5, 5.41) is 9.56. The zero-order chi connectivity index (χ0) is 16.2. The highest BCUT2D eigenvalue weighted by molar-refractivity contribution is 5.92. The lowest BCUT2D eigenvalue weighted by molar-refractivity contribution is -0.137. The largest absolute Gasteiger partial charge is 0.507 e. The number of ether oxygens (including phenoxy) is 2. The van der Waals surface area contributed by atoms with Crippen molar-refractivity contribution in [2.45, 2.75) is 25.4 Å². The smallest absolute Gasteiger partial charge is 0.416 e. The number of hydrogen-bond donors (Lipinski definition) is 1. The molecule has 4 nitrogen and oxygen atoms in total. The van der Waals surface area contributed by atoms with Gasteiger partial charge in [0.15, 0.2) is 0 Å². The molecule has 0 unspecified atom stereocenters. The fourth-order valence-corrected chi connectivity index (χ4v) is 2.31. The van der Waals surface area contributed by atoms with Crippen LogP contribution in [0.5, 0.6) is 5.75 Å². The van der Waals surface area contributed by atoms with Gasteiger partial charge in [-0.3, -0.25) is 0 Å². The Morgan fingerprint density at radius 1 is 1.32 bits per heavy atom. The van der Waals surface area contributed by atoms with E-state index in [-0.39, 0.29) is 12.2 Å². The van der Waals surface area contributed by atoms with Gasteiger partial charge in [-0.25, -0.2) is 4.79 Å². The molecule has 1 aromatic carbocycles. The molecule has 7 heteroatoms. The first kappa shape index (κ1) is 16.6. The molecule has 22 heavy (non-hydrogen) atoms. The number of phenolic OH excluding ortho intramolecular Hbond substituents is 1. The van der Waals surface area contributed by atoms with E-state index in [0.717, 1.165) is 25.0 Å². The first-order chi connectivity index (χ1) is 10.4. The summed E-state index contributed by atoms with van der Waals surface area (Å²) in [5.74, 6) is -1.13. The van der Waals surface area contributed by atoms with Crippen LogP contribution in [0.15, 0.2) is 18.2 Å². The van der Waals surface area contributed by atoms with Gasteiger partial charge < -0.3 is 14.6 Å². The Labute approximate surface area is 125 Å². The number of phenols is 1. The maximum absolute atomic E-state index is 12.5. The highest BCUT2D eigenvalue weighted by Crippen LogP contribution is 2.32. The summed E-state index contributed by atoms with van der Waals surface area (Å²) in [7, 11) is 0. The fourth-order valence-electron chi connectivity index (χ4n) is 2.31. The van der Waals surface area contributed by atoms with Crippen molar-refractivity contribution in [3.63, 3.8) is 0 Å². The van der Waals surface area contributed by atoms with Gasteiger partial charge in [-0.2, -0.15) is 13.2 Å². The predicted octanol–water partition coefficient (Wildman–Crippen LogP) is 3.38. The van der Waals surface area contributed by atoms with Crippen molar-refractivity contribution < 1.29 is 32.5 Å². The average Bonchev–Trinajstić information content (AvgIpc) is 2.47. The van der Waals surface area contributed by atoms with Crippen LogP contribution < -0.4 is 0 Å². The second kappa shape index (κ2) is 7.00.